The van der Waals surface area contributed by atoms with Crippen molar-refractivity contribution >= 4 is 11.8 Å². The molecule has 0 fully saturated rings. The average Bonchev–Trinajstić information content (AvgIpc) is 2.30. The zero-order valence-corrected chi connectivity index (χ0v) is 8.98. The molecule has 0 bridgehead atoms. The lowest BCUT2D eigenvalue weighted by Crippen LogP contribution is -2.34. The van der Waals surface area contributed by atoms with E-state index < -0.39 is 11.4 Å². The molecule has 0 aromatic carbocycles. The Morgan fingerprint density at radius 1 is 1.31 bits per heavy atom. The SMILES string of the molecule is O=C1C=C(C2(C(=O)O)CC=CCC2)C=CC1. The van der Waals surface area contributed by atoms with Gasteiger partial charge in [-0.2, -0.15) is 0 Å². The van der Waals surface area contributed by atoms with Gasteiger partial charge in [-0.1, -0.05) is 24.3 Å². The Morgan fingerprint density at radius 3 is 2.69 bits per heavy atom. The molecule has 1 atom stereocenters. The number of carboxylic acid groups (broad SMARTS) is 1. The normalized spacial score (nSPS) is 29.0. The molecule has 0 radical (unpaired) electrons. The van der Waals surface area contributed by atoms with Crippen LogP contribution in [0.4, 0.5) is 0 Å². The molecule has 0 amide bonds. The van der Waals surface area contributed by atoms with Crippen molar-refractivity contribution in [3.8, 4) is 0 Å². The number of carbonyl (C=O) groups is 2. The first kappa shape index (κ1) is 10.9. The van der Waals surface area contributed by atoms with Gasteiger partial charge in [0.1, 0.15) is 0 Å². The summed E-state index contributed by atoms with van der Waals surface area (Å²) >= 11 is 0. The molecule has 2 rings (SSSR count). The first-order valence-electron chi connectivity index (χ1n) is 5.45. The fourth-order valence-electron chi connectivity index (χ4n) is 2.29. The van der Waals surface area contributed by atoms with Gasteiger partial charge in [0, 0.05) is 6.42 Å². The van der Waals surface area contributed by atoms with E-state index in [1.165, 1.54) is 6.08 Å². The summed E-state index contributed by atoms with van der Waals surface area (Å²) in [6.07, 6.45) is 11.1. The molecule has 0 aliphatic heterocycles. The molecule has 16 heavy (non-hydrogen) atoms. The van der Waals surface area contributed by atoms with Crippen molar-refractivity contribution in [2.75, 3.05) is 0 Å². The van der Waals surface area contributed by atoms with Crippen LogP contribution in [0.1, 0.15) is 25.7 Å². The highest BCUT2D eigenvalue weighted by molar-refractivity contribution is 5.95. The number of hydrogen-bond acceptors (Lipinski definition) is 2. The van der Waals surface area contributed by atoms with Gasteiger partial charge < -0.3 is 5.11 Å². The largest absolute Gasteiger partial charge is 0.481 e. The van der Waals surface area contributed by atoms with Gasteiger partial charge in [-0.05, 0) is 30.9 Å². The summed E-state index contributed by atoms with van der Waals surface area (Å²) in [4.78, 5) is 22.8. The molecule has 0 aromatic rings. The number of rotatable bonds is 2. The molecule has 0 heterocycles. The molecular weight excluding hydrogens is 204 g/mol. The summed E-state index contributed by atoms with van der Waals surface area (Å²) in [7, 11) is 0. The Labute approximate surface area is 94.2 Å². The molecule has 0 saturated carbocycles. The van der Waals surface area contributed by atoms with Crippen LogP contribution < -0.4 is 0 Å². The number of hydrogen-bond donors (Lipinski definition) is 1. The van der Waals surface area contributed by atoms with E-state index in [9.17, 15) is 14.7 Å². The Bertz CT molecular complexity index is 415. The Balaban J connectivity index is 2.40. The van der Waals surface area contributed by atoms with Crippen LogP contribution in [0.3, 0.4) is 0 Å². The predicted molar refractivity (Wildman–Crippen MR) is 59.9 cm³/mol. The van der Waals surface area contributed by atoms with Crippen LogP contribution >= 0.6 is 0 Å². The second kappa shape index (κ2) is 4.08. The van der Waals surface area contributed by atoms with Gasteiger partial charge in [0.2, 0.25) is 0 Å². The molecule has 2 aliphatic carbocycles. The van der Waals surface area contributed by atoms with Crippen molar-refractivity contribution in [1.82, 2.24) is 0 Å². The topological polar surface area (TPSA) is 54.4 Å². The van der Waals surface area contributed by atoms with Crippen molar-refractivity contribution in [1.29, 1.82) is 0 Å². The van der Waals surface area contributed by atoms with Gasteiger partial charge in [0.15, 0.2) is 5.78 Å². The molecule has 0 aromatic heterocycles. The maximum atomic E-state index is 11.5. The molecule has 84 valence electrons. The quantitative estimate of drug-likeness (QED) is 0.723. The van der Waals surface area contributed by atoms with Gasteiger partial charge >= 0.3 is 5.97 Å². The molecule has 3 heteroatoms. The van der Waals surface area contributed by atoms with Crippen LogP contribution in [-0.4, -0.2) is 16.9 Å². The van der Waals surface area contributed by atoms with Crippen LogP contribution in [0.2, 0.25) is 0 Å². The van der Waals surface area contributed by atoms with E-state index in [4.69, 9.17) is 0 Å². The van der Waals surface area contributed by atoms with Crippen LogP contribution in [-0.2, 0) is 9.59 Å². The van der Waals surface area contributed by atoms with Crippen LogP contribution in [0, 0.1) is 5.41 Å². The summed E-state index contributed by atoms with van der Waals surface area (Å²) in [5, 5.41) is 9.41. The number of ketones is 1. The van der Waals surface area contributed by atoms with Gasteiger partial charge in [-0.25, -0.2) is 0 Å². The van der Waals surface area contributed by atoms with E-state index in [-0.39, 0.29) is 5.78 Å². The lowest BCUT2D eigenvalue weighted by molar-refractivity contribution is -0.146. The minimum Gasteiger partial charge on any atom is -0.481 e. The monoisotopic (exact) mass is 218 g/mol. The highest BCUT2D eigenvalue weighted by Crippen LogP contribution is 2.41. The van der Waals surface area contributed by atoms with Crippen LogP contribution in [0.25, 0.3) is 0 Å². The third-order valence-corrected chi connectivity index (χ3v) is 3.27. The maximum Gasteiger partial charge on any atom is 0.314 e. The number of carboxylic acids is 1. The summed E-state index contributed by atoms with van der Waals surface area (Å²) in [5.74, 6) is -0.838. The van der Waals surface area contributed by atoms with E-state index in [1.807, 2.05) is 12.2 Å². The lowest BCUT2D eigenvalue weighted by Gasteiger charge is -2.32. The maximum absolute atomic E-state index is 11.5. The second-order valence-electron chi connectivity index (χ2n) is 4.27. The van der Waals surface area contributed by atoms with Crippen molar-refractivity contribution in [2.45, 2.75) is 25.7 Å². The van der Waals surface area contributed by atoms with Gasteiger partial charge in [0.25, 0.3) is 0 Å². The third-order valence-electron chi connectivity index (χ3n) is 3.27. The molecule has 2 aliphatic rings. The van der Waals surface area contributed by atoms with Crippen LogP contribution in [0.15, 0.2) is 36.0 Å². The Kier molecular flexibility index (Phi) is 2.77. The smallest absolute Gasteiger partial charge is 0.314 e. The Morgan fingerprint density at radius 2 is 2.12 bits per heavy atom. The zero-order chi connectivity index (χ0) is 11.6. The number of aliphatic carboxylic acids is 1. The fraction of sp³-hybridized carbons (Fsp3) is 0.385. The molecule has 0 spiro atoms. The lowest BCUT2D eigenvalue weighted by atomic mass is 9.70. The summed E-state index contributed by atoms with van der Waals surface area (Å²) < 4.78 is 0. The third kappa shape index (κ3) is 1.73. The molecular formula is C13H14O3. The first-order valence-corrected chi connectivity index (χ1v) is 5.45. The first-order chi connectivity index (χ1) is 7.65. The predicted octanol–water partition coefficient (Wildman–Crippen LogP) is 2.25. The highest BCUT2D eigenvalue weighted by atomic mass is 16.4. The highest BCUT2D eigenvalue weighted by Gasteiger charge is 2.41. The fourth-order valence-corrected chi connectivity index (χ4v) is 2.29. The van der Waals surface area contributed by atoms with Gasteiger partial charge in [-0.15, -0.1) is 0 Å². The van der Waals surface area contributed by atoms with Gasteiger partial charge in [0.05, 0.1) is 5.41 Å². The minimum absolute atomic E-state index is 0.00678. The molecule has 3 nitrogen and oxygen atoms in total. The molecule has 1 unspecified atom stereocenters. The van der Waals surface area contributed by atoms with Crippen molar-refractivity contribution < 1.29 is 14.7 Å². The average molecular weight is 218 g/mol. The van der Waals surface area contributed by atoms with Crippen LogP contribution in [0.5, 0.6) is 0 Å². The van der Waals surface area contributed by atoms with E-state index in [1.54, 1.807) is 12.2 Å². The van der Waals surface area contributed by atoms with Crippen molar-refractivity contribution in [3.63, 3.8) is 0 Å². The van der Waals surface area contributed by atoms with E-state index in [2.05, 4.69) is 0 Å². The van der Waals surface area contributed by atoms with E-state index in [0.717, 1.165) is 6.42 Å². The number of carbonyl (C=O) groups excluding carboxylic acids is 1. The summed E-state index contributed by atoms with van der Waals surface area (Å²) in [6, 6.07) is 0. The Hall–Kier alpha value is -1.64. The number of allylic oxidation sites excluding steroid dienone is 5. The zero-order valence-electron chi connectivity index (χ0n) is 8.98. The van der Waals surface area contributed by atoms with Crippen molar-refractivity contribution in [2.24, 2.45) is 5.41 Å². The van der Waals surface area contributed by atoms with Crippen molar-refractivity contribution in [3.05, 3.63) is 36.0 Å². The summed E-state index contributed by atoms with van der Waals surface area (Å²) in [5.41, 5.74) is -0.234. The molecule has 1 N–H and O–H groups in total. The van der Waals surface area contributed by atoms with E-state index in [0.29, 0.717) is 24.8 Å². The van der Waals surface area contributed by atoms with E-state index >= 15 is 0 Å². The second-order valence-corrected chi connectivity index (χ2v) is 4.27. The van der Waals surface area contributed by atoms with Gasteiger partial charge in [-0.3, -0.25) is 9.59 Å². The summed E-state index contributed by atoms with van der Waals surface area (Å²) in [6.45, 7) is 0. The standard InChI is InChI=1S/C13H14O3/c14-11-6-4-5-10(9-11)13(12(15)16)7-2-1-3-8-13/h1-2,4-5,9H,3,6-8H2,(H,15,16). The minimum atomic E-state index is -0.888. The molecule has 0 saturated heterocycles.